The Labute approximate surface area is 174 Å². The van der Waals surface area contributed by atoms with Crippen molar-refractivity contribution in [1.82, 2.24) is 25.0 Å². The van der Waals surface area contributed by atoms with Crippen molar-refractivity contribution in [2.75, 3.05) is 19.7 Å². The maximum atomic E-state index is 13.2. The van der Waals surface area contributed by atoms with E-state index in [9.17, 15) is 4.79 Å². The number of ether oxygens (including phenoxy) is 1. The van der Waals surface area contributed by atoms with Crippen LogP contribution in [0.2, 0.25) is 0 Å². The standard InChI is InChI=1S/C22H23N5O3/c28-22(20-17-6-2-1-5-16(17)7-11-29-20)27-10-3-4-15(14-27)12-19-25-21(26-30-19)18-13-23-8-9-24-18/h1-2,5-6,8-9,13,15,20H,3-4,7,10-12,14H2. The molecule has 0 aliphatic carbocycles. The second-order valence-corrected chi connectivity index (χ2v) is 7.80. The molecule has 1 amide bonds. The van der Waals surface area contributed by atoms with E-state index in [1.165, 1.54) is 5.56 Å². The van der Waals surface area contributed by atoms with Gasteiger partial charge in [0.05, 0.1) is 12.8 Å². The zero-order valence-electron chi connectivity index (χ0n) is 16.6. The minimum Gasteiger partial charge on any atom is -0.363 e. The highest BCUT2D eigenvalue weighted by Gasteiger charge is 2.33. The molecule has 0 saturated carbocycles. The van der Waals surface area contributed by atoms with Gasteiger partial charge in [0.1, 0.15) is 5.69 Å². The summed E-state index contributed by atoms with van der Waals surface area (Å²) < 4.78 is 11.3. The highest BCUT2D eigenvalue weighted by atomic mass is 16.5. The van der Waals surface area contributed by atoms with E-state index in [4.69, 9.17) is 9.26 Å². The molecule has 0 radical (unpaired) electrons. The van der Waals surface area contributed by atoms with Gasteiger partial charge in [-0.05, 0) is 36.3 Å². The molecule has 8 heteroatoms. The monoisotopic (exact) mass is 405 g/mol. The number of benzene rings is 1. The molecular formula is C22H23N5O3. The lowest BCUT2D eigenvalue weighted by atomic mass is 9.92. The summed E-state index contributed by atoms with van der Waals surface area (Å²) in [6.45, 7) is 2.01. The van der Waals surface area contributed by atoms with Crippen LogP contribution in [-0.4, -0.2) is 50.6 Å². The Bertz CT molecular complexity index is 1020. The van der Waals surface area contributed by atoms with Crippen LogP contribution in [0.3, 0.4) is 0 Å². The number of rotatable bonds is 4. The summed E-state index contributed by atoms with van der Waals surface area (Å²) in [5.41, 5.74) is 2.79. The van der Waals surface area contributed by atoms with Gasteiger partial charge in [-0.1, -0.05) is 29.4 Å². The molecular weight excluding hydrogens is 382 g/mol. The fourth-order valence-corrected chi connectivity index (χ4v) is 4.30. The smallest absolute Gasteiger partial charge is 0.256 e. The first-order valence-corrected chi connectivity index (χ1v) is 10.3. The van der Waals surface area contributed by atoms with Gasteiger partial charge >= 0.3 is 0 Å². The largest absolute Gasteiger partial charge is 0.363 e. The van der Waals surface area contributed by atoms with Crippen molar-refractivity contribution >= 4 is 5.91 Å². The summed E-state index contributed by atoms with van der Waals surface area (Å²) in [5.74, 6) is 1.33. The van der Waals surface area contributed by atoms with Crippen LogP contribution in [0.15, 0.2) is 47.4 Å². The molecule has 1 saturated heterocycles. The third kappa shape index (κ3) is 3.82. The van der Waals surface area contributed by atoms with Gasteiger partial charge in [-0.2, -0.15) is 4.98 Å². The van der Waals surface area contributed by atoms with Crippen LogP contribution in [0.4, 0.5) is 0 Å². The maximum Gasteiger partial charge on any atom is 0.256 e. The van der Waals surface area contributed by atoms with E-state index < -0.39 is 6.10 Å². The molecule has 2 aliphatic rings. The molecule has 5 rings (SSSR count). The van der Waals surface area contributed by atoms with E-state index in [2.05, 4.69) is 26.2 Å². The number of fused-ring (bicyclic) bond motifs is 1. The Kier molecular flexibility index (Phi) is 5.23. The zero-order valence-corrected chi connectivity index (χ0v) is 16.6. The van der Waals surface area contributed by atoms with Gasteiger partial charge in [0, 0.05) is 31.9 Å². The fraction of sp³-hybridized carbons (Fsp3) is 0.409. The van der Waals surface area contributed by atoms with Crippen LogP contribution < -0.4 is 0 Å². The van der Waals surface area contributed by atoms with E-state index in [1.54, 1.807) is 18.6 Å². The molecule has 0 spiro atoms. The number of nitrogens with zero attached hydrogens (tertiary/aromatic N) is 5. The Morgan fingerprint density at radius 3 is 3.07 bits per heavy atom. The van der Waals surface area contributed by atoms with Crippen molar-refractivity contribution in [2.45, 2.75) is 31.8 Å². The number of likely N-dealkylation sites (tertiary alicyclic amines) is 1. The van der Waals surface area contributed by atoms with Gasteiger partial charge < -0.3 is 14.2 Å². The van der Waals surface area contributed by atoms with Crippen molar-refractivity contribution in [3.05, 3.63) is 59.9 Å². The summed E-state index contributed by atoms with van der Waals surface area (Å²) in [6.07, 6.45) is 7.78. The summed E-state index contributed by atoms with van der Waals surface area (Å²) >= 11 is 0. The molecule has 2 atom stereocenters. The number of hydrogen-bond donors (Lipinski definition) is 0. The number of aromatic nitrogens is 4. The van der Waals surface area contributed by atoms with Crippen molar-refractivity contribution in [3.63, 3.8) is 0 Å². The lowest BCUT2D eigenvalue weighted by Gasteiger charge is -2.36. The molecule has 0 bridgehead atoms. The third-order valence-corrected chi connectivity index (χ3v) is 5.77. The Hall–Kier alpha value is -3.13. The van der Waals surface area contributed by atoms with Crippen molar-refractivity contribution in [1.29, 1.82) is 0 Å². The highest BCUT2D eigenvalue weighted by molar-refractivity contribution is 5.83. The Morgan fingerprint density at radius 1 is 1.23 bits per heavy atom. The first kappa shape index (κ1) is 18.9. The van der Waals surface area contributed by atoms with Gasteiger partial charge in [0.15, 0.2) is 6.10 Å². The Morgan fingerprint density at radius 2 is 2.17 bits per heavy atom. The lowest BCUT2D eigenvalue weighted by molar-refractivity contribution is -0.147. The minimum atomic E-state index is -0.500. The van der Waals surface area contributed by atoms with E-state index >= 15 is 0 Å². The molecule has 1 aromatic carbocycles. The van der Waals surface area contributed by atoms with Gasteiger partial charge in [0.2, 0.25) is 11.7 Å². The molecule has 30 heavy (non-hydrogen) atoms. The molecule has 2 aromatic heterocycles. The van der Waals surface area contributed by atoms with Gasteiger partial charge in [-0.3, -0.25) is 9.78 Å². The number of carbonyl (C=O) groups excluding carboxylic acids is 1. The van der Waals surface area contributed by atoms with E-state index in [0.717, 1.165) is 31.4 Å². The van der Waals surface area contributed by atoms with E-state index in [1.807, 2.05) is 23.1 Å². The van der Waals surface area contributed by atoms with Crippen LogP contribution in [0.1, 0.15) is 36.0 Å². The molecule has 3 aromatic rings. The fourth-order valence-electron chi connectivity index (χ4n) is 4.30. The SMILES string of the molecule is O=C(C1OCCc2ccccc21)N1CCCC(Cc2nc(-c3cnccn3)no2)C1. The number of hydrogen-bond acceptors (Lipinski definition) is 7. The van der Waals surface area contributed by atoms with Gasteiger partial charge in [-0.25, -0.2) is 4.98 Å². The summed E-state index contributed by atoms with van der Waals surface area (Å²) in [7, 11) is 0. The van der Waals surface area contributed by atoms with Crippen molar-refractivity contribution in [3.8, 4) is 11.5 Å². The van der Waals surface area contributed by atoms with Crippen LogP contribution in [0, 0.1) is 5.92 Å². The molecule has 1 fully saturated rings. The van der Waals surface area contributed by atoms with Crippen molar-refractivity contribution in [2.24, 2.45) is 5.92 Å². The number of carbonyl (C=O) groups is 1. The lowest BCUT2D eigenvalue weighted by Crippen LogP contribution is -2.44. The topological polar surface area (TPSA) is 94.2 Å². The third-order valence-electron chi connectivity index (χ3n) is 5.77. The molecule has 154 valence electrons. The van der Waals surface area contributed by atoms with E-state index in [0.29, 0.717) is 37.0 Å². The van der Waals surface area contributed by atoms with Gasteiger partial charge in [-0.15, -0.1) is 0 Å². The van der Waals surface area contributed by atoms with Crippen LogP contribution >= 0.6 is 0 Å². The van der Waals surface area contributed by atoms with Gasteiger partial charge in [0.25, 0.3) is 5.91 Å². The average Bonchev–Trinajstić information content (AvgIpc) is 3.27. The first-order chi connectivity index (χ1) is 14.8. The number of piperidine rings is 1. The van der Waals surface area contributed by atoms with E-state index in [-0.39, 0.29) is 11.8 Å². The molecule has 4 heterocycles. The molecule has 2 aliphatic heterocycles. The quantitative estimate of drug-likeness (QED) is 0.658. The maximum absolute atomic E-state index is 13.2. The average molecular weight is 405 g/mol. The summed E-state index contributed by atoms with van der Waals surface area (Å²) in [5, 5.41) is 4.02. The minimum absolute atomic E-state index is 0.0534. The highest BCUT2D eigenvalue weighted by Crippen LogP contribution is 2.30. The predicted octanol–water partition coefficient (Wildman–Crippen LogP) is 2.62. The molecule has 2 unspecified atom stereocenters. The predicted molar refractivity (Wildman–Crippen MR) is 107 cm³/mol. The second-order valence-electron chi connectivity index (χ2n) is 7.80. The second kappa shape index (κ2) is 8.31. The first-order valence-electron chi connectivity index (χ1n) is 10.3. The summed E-state index contributed by atoms with van der Waals surface area (Å²) in [4.78, 5) is 27.9. The molecule has 0 N–H and O–H groups in total. The molecule has 8 nitrogen and oxygen atoms in total. The van der Waals surface area contributed by atoms with Crippen LogP contribution in [0.5, 0.6) is 0 Å². The van der Waals surface area contributed by atoms with Crippen LogP contribution in [0.25, 0.3) is 11.5 Å². The normalized spacial score (nSPS) is 21.3. The van der Waals surface area contributed by atoms with Crippen LogP contribution in [-0.2, 0) is 22.4 Å². The number of amides is 1. The zero-order chi connectivity index (χ0) is 20.3. The Balaban J connectivity index is 1.26. The van der Waals surface area contributed by atoms with Crippen molar-refractivity contribution < 1.29 is 14.1 Å². The summed E-state index contributed by atoms with van der Waals surface area (Å²) in [6, 6.07) is 8.08.